The number of rotatable bonds is 20. The summed E-state index contributed by atoms with van der Waals surface area (Å²) in [6.07, 6.45) is 49.0. The van der Waals surface area contributed by atoms with E-state index in [9.17, 15) is 88.9 Å². The Morgan fingerprint density at radius 1 is 0.331 bits per heavy atom. The van der Waals surface area contributed by atoms with Crippen molar-refractivity contribution >= 4 is 78.9 Å². The second kappa shape index (κ2) is 74.0. The number of carbonyl (C=O) groups is 1. The summed E-state index contributed by atoms with van der Waals surface area (Å²) in [4.78, 5) is 10.8. The van der Waals surface area contributed by atoms with Crippen molar-refractivity contribution in [3.8, 4) is 16.9 Å². The molecule has 0 spiro atoms. The van der Waals surface area contributed by atoms with Gasteiger partial charge in [-0.3, -0.25) is 4.79 Å². The number of ether oxygens (including phenoxy) is 4. The van der Waals surface area contributed by atoms with Crippen LogP contribution in [0.3, 0.4) is 0 Å². The number of Topliss-reactive ketones (excluding diaryl/α,β-unsaturated/α-hetero) is 1. The number of carbonyl (C=O) groups excluding carboxylic acids is 1. The minimum Gasteiger partial charge on any atom is -0.537 e. The molecule has 2 N–H and O–H groups in total. The number of allylic oxidation sites excluding steroid dienone is 2. The van der Waals surface area contributed by atoms with Crippen LogP contribution in [0.2, 0.25) is 0 Å². The van der Waals surface area contributed by atoms with Crippen LogP contribution in [0.5, 0.6) is 5.75 Å². The highest BCUT2D eigenvalue weighted by molar-refractivity contribution is 15.0. The van der Waals surface area contributed by atoms with E-state index in [-0.39, 0.29) is 47.9 Å². The fourth-order valence-corrected chi connectivity index (χ4v) is 20.8. The molecule has 823 valence electrons. The first kappa shape index (κ1) is 130. The van der Waals surface area contributed by atoms with Gasteiger partial charge in [-0.2, -0.15) is 0 Å². The fraction of sp³-hybridized carbons (Fsp3) is 0.568. The van der Waals surface area contributed by atoms with E-state index < -0.39 is 110 Å². The zero-order valence-electron chi connectivity index (χ0n) is 86.8. The Morgan fingerprint density at radius 3 is 1.05 bits per heavy atom. The Labute approximate surface area is 905 Å². The van der Waals surface area contributed by atoms with E-state index >= 15 is 0 Å². The molecule has 0 amide bonds. The first-order chi connectivity index (χ1) is 71.3. The van der Waals surface area contributed by atoms with Crippen molar-refractivity contribution in [3.05, 3.63) is 270 Å². The number of halogens is 21. The van der Waals surface area contributed by atoms with Crippen molar-refractivity contribution in [3.63, 3.8) is 0 Å². The average molecular weight is 2430 g/mol. The Balaban J connectivity index is 0.000000254. The lowest BCUT2D eigenvalue weighted by molar-refractivity contribution is -0.121. The lowest BCUT2D eigenvalue weighted by atomic mass is 9.74. The molecule has 18 rings (SSSR count). The first-order valence-corrected chi connectivity index (χ1v) is 60.8. The lowest BCUT2D eigenvalue weighted by Gasteiger charge is -2.36. The molecule has 8 nitrogen and oxygen atoms in total. The van der Waals surface area contributed by atoms with Crippen LogP contribution in [0.4, 0.5) is 79.0 Å². The standard InChI is InChI=1S/C21H21F5.C15H19F2I.C15H20F2O.C15H20F2.C15H18F2.C9H16O.C6H3BF3O2.C6H4F2.4C4H8O.I2/c1-2-3-12-4-6-13(7-5-12)15-8-9-16(20(25)19(15)24)14-10-17(22)21(26)18(23)11-14;1-2-3-10-4-6-11(7-5-10)12-8-9-13(18)15(17)14(12)16;1-2-4-11-7-9-15(18,10-8-11)12-5-3-6-13(16)14(12)17;2*1-2-4-11-7-9-12(10-8-11)13-5-3-6-14(16)15(13)17;1-2-3-8-4-6-9(10)7-5-8;8-4-1-3(12-7-11)2-5(9)6(4)10;7-5-3-1-2-4-6(5)8;4*1-2-4-5-3-1;1-2/h8-13H,2-7H2,1H3;8-11H,2-7H2,1H3;3,5-6,11,18H,2,4,7-10H2,1H3;3,5-6,11-12H,2,4,7-10H2,1H3;3,5-6,9,11H,2,4,7-8,10H2,1H3;8H,2-7H2,1H3;1-2,11H;1-4H;4*1-4H2;. The quantitative estimate of drug-likeness (QED) is 0.0337. The Hall–Kier alpha value is -6.28. The molecule has 9 fully saturated rings. The monoisotopic (exact) mass is 2430 g/mol. The van der Waals surface area contributed by atoms with E-state index in [0.717, 1.165) is 261 Å². The van der Waals surface area contributed by atoms with Crippen LogP contribution in [0.15, 0.2) is 133 Å². The average Bonchev–Trinajstić information content (AvgIpc) is 0.930. The number of ketones is 1. The van der Waals surface area contributed by atoms with Crippen molar-refractivity contribution in [2.45, 2.75) is 341 Å². The van der Waals surface area contributed by atoms with Gasteiger partial charge >= 0.3 is 7.69 Å². The third-order valence-corrected chi connectivity index (χ3v) is 29.5. The zero-order chi connectivity index (χ0) is 108. The van der Waals surface area contributed by atoms with Crippen molar-refractivity contribution in [2.24, 2.45) is 35.5 Å². The Morgan fingerprint density at radius 2 is 0.669 bits per heavy atom. The summed E-state index contributed by atoms with van der Waals surface area (Å²) >= 11 is 6.08. The Kier molecular flexibility index (Phi) is 65.2. The number of benzene rings is 8. The van der Waals surface area contributed by atoms with Crippen molar-refractivity contribution in [1.29, 1.82) is 0 Å². The molecule has 1 atom stereocenters. The van der Waals surface area contributed by atoms with E-state index in [1.165, 1.54) is 151 Å². The van der Waals surface area contributed by atoms with Crippen molar-refractivity contribution < 1.29 is 118 Å². The number of hydrogen-bond donors (Lipinski definition) is 2. The second-order valence-electron chi connectivity index (χ2n) is 39.5. The molecule has 8 aromatic carbocycles. The summed E-state index contributed by atoms with van der Waals surface area (Å²) in [5.74, 6) is -13.4. The molecule has 4 aliphatic heterocycles. The van der Waals surface area contributed by atoms with E-state index in [4.69, 9.17) is 24.0 Å². The van der Waals surface area contributed by atoms with Crippen LogP contribution >= 0.6 is 59.8 Å². The van der Waals surface area contributed by atoms with Crippen LogP contribution in [0.1, 0.15) is 363 Å². The molecule has 1 radical (unpaired) electrons. The molecule has 10 aliphatic rings. The summed E-state index contributed by atoms with van der Waals surface area (Å²) in [5, 5.41) is 18.6. The zero-order valence-corrected chi connectivity index (χ0v) is 93.3. The highest BCUT2D eigenvalue weighted by Gasteiger charge is 2.38. The van der Waals surface area contributed by atoms with Gasteiger partial charge in [0.1, 0.15) is 11.5 Å². The third kappa shape index (κ3) is 46.0. The molecular weight excluding hydrogens is 2280 g/mol. The maximum atomic E-state index is 14.6. The number of aliphatic hydroxyl groups is 1. The van der Waals surface area contributed by atoms with E-state index in [1.807, 2.05) is 22.6 Å². The van der Waals surface area contributed by atoms with Gasteiger partial charge in [-0.1, -0.05) is 191 Å². The highest BCUT2D eigenvalue weighted by Crippen LogP contribution is 2.46. The van der Waals surface area contributed by atoms with Gasteiger partial charge in [-0.05, 0) is 338 Å². The topological polar surface area (TPSA) is 104 Å². The van der Waals surface area contributed by atoms with Crippen LogP contribution in [0.25, 0.3) is 16.7 Å². The van der Waals surface area contributed by atoms with Crippen molar-refractivity contribution in [1.82, 2.24) is 0 Å². The van der Waals surface area contributed by atoms with Gasteiger partial charge in [0.05, 0.1) is 9.17 Å². The molecular formula is C118H153BF18I3O8. The molecule has 148 heavy (non-hydrogen) atoms. The van der Waals surface area contributed by atoms with Gasteiger partial charge in [-0.25, -0.2) is 79.0 Å². The molecule has 4 heterocycles. The van der Waals surface area contributed by atoms with Gasteiger partial charge in [0.2, 0.25) is 0 Å². The molecule has 6 aliphatic carbocycles. The maximum Gasteiger partial charge on any atom is 0.569 e. The molecule has 0 aromatic heterocycles. The molecule has 8 aromatic rings. The highest BCUT2D eigenvalue weighted by atomic mass is 128. The van der Waals surface area contributed by atoms with Gasteiger partial charge < -0.3 is 33.7 Å². The Bertz CT molecular complexity index is 4950. The molecule has 1 unspecified atom stereocenters. The van der Waals surface area contributed by atoms with Crippen LogP contribution in [-0.4, -0.2) is 76.5 Å². The summed E-state index contributed by atoms with van der Waals surface area (Å²) in [6, 6.07) is 26.9. The number of hydrogen-bond acceptors (Lipinski definition) is 8. The third-order valence-electron chi connectivity index (χ3n) is 28.6. The predicted molar refractivity (Wildman–Crippen MR) is 581 cm³/mol. The van der Waals surface area contributed by atoms with Gasteiger partial charge in [0.25, 0.3) is 0 Å². The fourth-order valence-electron chi connectivity index (χ4n) is 20.4. The second-order valence-corrected chi connectivity index (χ2v) is 40.7. The van der Waals surface area contributed by atoms with Crippen LogP contribution in [0, 0.1) is 144 Å². The molecule has 0 bridgehead atoms. The molecule has 30 heteroatoms. The summed E-state index contributed by atoms with van der Waals surface area (Å²) in [7, 11) is 0.242. The normalized spacial score (nSPS) is 21.2. The first-order valence-electron chi connectivity index (χ1n) is 53.5. The summed E-state index contributed by atoms with van der Waals surface area (Å²) < 4.78 is 262. The summed E-state index contributed by atoms with van der Waals surface area (Å²) in [6.45, 7) is 21.1. The van der Waals surface area contributed by atoms with Gasteiger partial charge in [0, 0.05) is 132 Å². The maximum absolute atomic E-state index is 14.6. The molecule has 5 saturated carbocycles. The SMILES string of the molecule is C1CCOC1.C1CCOC1.C1CCOC1.C1CCOC1.CCCC1CC=C(c2cccc(F)c2F)CC1.CCCC1CCC(=O)CC1.CCCC1CCC(O)(c2cccc(F)c2F)CC1.CCCC1CCC(c2ccc(-c3cc(F)c(F)c(F)c3)c(F)c2F)CC1.CCCC1CCC(c2ccc(I)c(F)c2F)CC1.CCCC1CCC(c2cccc(F)c2F)CC1.Fc1ccccc1F.II.O[B]Oc1cc(F)c(F)c(F)c1. The minimum atomic E-state index is -1.63. The predicted octanol–water partition coefficient (Wildman–Crippen LogP) is 37.4. The van der Waals surface area contributed by atoms with E-state index in [1.54, 1.807) is 36.4 Å². The smallest absolute Gasteiger partial charge is 0.537 e. The minimum absolute atomic E-state index is 0.0478. The largest absolute Gasteiger partial charge is 0.569 e. The summed E-state index contributed by atoms with van der Waals surface area (Å²) in [5.41, 5.74) is 1.33. The van der Waals surface area contributed by atoms with Crippen LogP contribution < -0.4 is 4.65 Å². The molecule has 4 saturated heterocycles. The van der Waals surface area contributed by atoms with E-state index in [2.05, 4.69) is 89.5 Å². The van der Waals surface area contributed by atoms with Gasteiger partial charge in [0.15, 0.2) is 105 Å². The lowest BCUT2D eigenvalue weighted by Crippen LogP contribution is -2.32. The van der Waals surface area contributed by atoms with Crippen molar-refractivity contribution in [2.75, 3.05) is 52.9 Å². The van der Waals surface area contributed by atoms with E-state index in [0.29, 0.717) is 80.6 Å². The van der Waals surface area contributed by atoms with Gasteiger partial charge in [-0.15, -0.1) is 0 Å². The van der Waals surface area contributed by atoms with Crippen LogP contribution in [-0.2, 0) is 29.3 Å².